The largest absolute Gasteiger partial charge is 0.508 e. The molecule has 3 rings (SSSR count). The minimum atomic E-state index is -0.0381. The Morgan fingerprint density at radius 1 is 1.04 bits per heavy atom. The Kier molecular flexibility index (Phi) is 6.05. The van der Waals surface area contributed by atoms with Gasteiger partial charge in [-0.05, 0) is 61.7 Å². The fourth-order valence-electron chi connectivity index (χ4n) is 2.71. The summed E-state index contributed by atoms with van der Waals surface area (Å²) in [6, 6.07) is 18.7. The van der Waals surface area contributed by atoms with Gasteiger partial charge in [0.2, 0.25) is 5.91 Å². The number of carbonyl (C=O) groups excluding carboxylic acids is 1. The molecule has 1 aromatic heterocycles. The van der Waals surface area contributed by atoms with Gasteiger partial charge in [-0.2, -0.15) is 0 Å². The topological polar surface area (TPSA) is 74.2 Å². The standard InChI is InChI=1S/C22H23N3O2/c1-16-7-9-17(10-8-16)4-2-6-21(27)25-20-5-3-15-23-22(20)24-18-11-13-19(26)14-12-18/h3,5,7-15,26H,2,4,6H2,1H3,(H,23,24)(H,25,27). The molecule has 0 bridgehead atoms. The predicted molar refractivity (Wildman–Crippen MR) is 108 cm³/mol. The van der Waals surface area contributed by atoms with Crippen LogP contribution < -0.4 is 10.6 Å². The van der Waals surface area contributed by atoms with Crippen LogP contribution in [-0.2, 0) is 11.2 Å². The van der Waals surface area contributed by atoms with Crippen molar-refractivity contribution in [1.29, 1.82) is 0 Å². The second-order valence-corrected chi connectivity index (χ2v) is 6.46. The highest BCUT2D eigenvalue weighted by atomic mass is 16.3. The van der Waals surface area contributed by atoms with Gasteiger partial charge in [-0.1, -0.05) is 29.8 Å². The second kappa shape index (κ2) is 8.85. The first kappa shape index (κ1) is 18.5. The summed E-state index contributed by atoms with van der Waals surface area (Å²) in [4.78, 5) is 16.6. The lowest BCUT2D eigenvalue weighted by atomic mass is 10.1. The van der Waals surface area contributed by atoms with Crippen molar-refractivity contribution in [2.75, 3.05) is 10.6 Å². The van der Waals surface area contributed by atoms with E-state index in [2.05, 4.69) is 46.8 Å². The van der Waals surface area contributed by atoms with E-state index in [9.17, 15) is 9.90 Å². The number of aryl methyl sites for hydroxylation is 2. The zero-order valence-electron chi connectivity index (χ0n) is 15.3. The van der Waals surface area contributed by atoms with Crippen LogP contribution in [0.5, 0.6) is 5.75 Å². The fourth-order valence-corrected chi connectivity index (χ4v) is 2.71. The van der Waals surface area contributed by atoms with Crippen molar-refractivity contribution in [3.05, 3.63) is 78.0 Å². The van der Waals surface area contributed by atoms with Crippen LogP contribution in [0.15, 0.2) is 66.9 Å². The van der Waals surface area contributed by atoms with Crippen LogP contribution in [0.25, 0.3) is 0 Å². The quantitative estimate of drug-likeness (QED) is 0.529. The average Bonchev–Trinajstić information content (AvgIpc) is 2.67. The van der Waals surface area contributed by atoms with E-state index in [0.29, 0.717) is 17.9 Å². The Labute approximate surface area is 159 Å². The summed E-state index contributed by atoms with van der Waals surface area (Å²) in [6.07, 6.45) is 3.77. The van der Waals surface area contributed by atoms with Gasteiger partial charge in [-0.3, -0.25) is 4.79 Å². The van der Waals surface area contributed by atoms with Crippen LogP contribution in [0.1, 0.15) is 24.0 Å². The lowest BCUT2D eigenvalue weighted by molar-refractivity contribution is -0.116. The maximum absolute atomic E-state index is 12.3. The lowest BCUT2D eigenvalue weighted by Crippen LogP contribution is -2.13. The molecule has 0 atom stereocenters. The molecule has 0 aliphatic rings. The molecule has 0 unspecified atom stereocenters. The Hall–Kier alpha value is -3.34. The molecule has 2 aromatic carbocycles. The van der Waals surface area contributed by atoms with Gasteiger partial charge >= 0.3 is 0 Å². The molecule has 3 aromatic rings. The number of hydrogen-bond donors (Lipinski definition) is 3. The van der Waals surface area contributed by atoms with Gasteiger partial charge < -0.3 is 15.7 Å². The number of phenols is 1. The first-order valence-corrected chi connectivity index (χ1v) is 8.96. The maximum Gasteiger partial charge on any atom is 0.224 e. The highest BCUT2D eigenvalue weighted by Gasteiger charge is 2.08. The van der Waals surface area contributed by atoms with Crippen molar-refractivity contribution in [3.8, 4) is 5.75 Å². The van der Waals surface area contributed by atoms with Crippen molar-refractivity contribution in [3.63, 3.8) is 0 Å². The molecule has 3 N–H and O–H groups in total. The van der Waals surface area contributed by atoms with Gasteiger partial charge in [0.1, 0.15) is 5.75 Å². The third-order valence-corrected chi connectivity index (χ3v) is 4.20. The molecule has 27 heavy (non-hydrogen) atoms. The summed E-state index contributed by atoms with van der Waals surface area (Å²) in [7, 11) is 0. The van der Waals surface area contributed by atoms with Crippen molar-refractivity contribution < 1.29 is 9.90 Å². The van der Waals surface area contributed by atoms with Crippen molar-refractivity contribution in [2.24, 2.45) is 0 Å². The molecule has 1 amide bonds. The first-order chi connectivity index (χ1) is 13.1. The van der Waals surface area contributed by atoms with Crippen LogP contribution in [0.2, 0.25) is 0 Å². The van der Waals surface area contributed by atoms with Crippen LogP contribution in [0.3, 0.4) is 0 Å². The van der Waals surface area contributed by atoms with Crippen LogP contribution >= 0.6 is 0 Å². The molecule has 5 heteroatoms. The Bertz CT molecular complexity index is 890. The number of rotatable bonds is 7. The van der Waals surface area contributed by atoms with Crippen LogP contribution in [-0.4, -0.2) is 16.0 Å². The number of hydrogen-bond acceptors (Lipinski definition) is 4. The van der Waals surface area contributed by atoms with Gasteiger partial charge in [0.15, 0.2) is 5.82 Å². The molecule has 0 fully saturated rings. The number of aromatic hydroxyl groups is 1. The van der Waals surface area contributed by atoms with Gasteiger partial charge in [0.05, 0.1) is 5.69 Å². The zero-order valence-corrected chi connectivity index (χ0v) is 15.3. The van der Waals surface area contributed by atoms with E-state index in [1.54, 1.807) is 36.5 Å². The third-order valence-electron chi connectivity index (χ3n) is 4.20. The van der Waals surface area contributed by atoms with Crippen molar-refractivity contribution in [2.45, 2.75) is 26.2 Å². The Morgan fingerprint density at radius 2 is 1.78 bits per heavy atom. The monoisotopic (exact) mass is 361 g/mol. The minimum absolute atomic E-state index is 0.0381. The third kappa shape index (κ3) is 5.57. The van der Waals surface area contributed by atoms with Gasteiger partial charge in [-0.25, -0.2) is 4.98 Å². The van der Waals surface area contributed by atoms with E-state index in [1.807, 2.05) is 6.07 Å². The number of anilines is 3. The molecule has 5 nitrogen and oxygen atoms in total. The molecule has 0 aliphatic heterocycles. The fraction of sp³-hybridized carbons (Fsp3) is 0.182. The maximum atomic E-state index is 12.3. The zero-order chi connectivity index (χ0) is 19.1. The predicted octanol–water partition coefficient (Wildman–Crippen LogP) is 4.80. The average molecular weight is 361 g/mol. The summed E-state index contributed by atoms with van der Waals surface area (Å²) >= 11 is 0. The molecular formula is C22H23N3O2. The Balaban J connectivity index is 1.55. The number of benzene rings is 2. The van der Waals surface area contributed by atoms with E-state index < -0.39 is 0 Å². The minimum Gasteiger partial charge on any atom is -0.508 e. The second-order valence-electron chi connectivity index (χ2n) is 6.46. The molecular weight excluding hydrogens is 338 g/mol. The first-order valence-electron chi connectivity index (χ1n) is 8.96. The number of nitrogens with zero attached hydrogens (tertiary/aromatic N) is 1. The molecule has 0 saturated carbocycles. The van der Waals surface area contributed by atoms with Crippen molar-refractivity contribution in [1.82, 2.24) is 4.98 Å². The highest BCUT2D eigenvalue weighted by Crippen LogP contribution is 2.24. The van der Waals surface area contributed by atoms with Crippen LogP contribution in [0, 0.1) is 6.92 Å². The van der Waals surface area contributed by atoms with E-state index in [-0.39, 0.29) is 11.7 Å². The van der Waals surface area contributed by atoms with Crippen molar-refractivity contribution >= 4 is 23.1 Å². The van der Waals surface area contributed by atoms with E-state index >= 15 is 0 Å². The molecule has 0 spiro atoms. The lowest BCUT2D eigenvalue weighted by Gasteiger charge is -2.12. The number of carbonyl (C=O) groups is 1. The smallest absolute Gasteiger partial charge is 0.224 e. The van der Waals surface area contributed by atoms with Gasteiger partial charge in [0.25, 0.3) is 0 Å². The summed E-state index contributed by atoms with van der Waals surface area (Å²) < 4.78 is 0. The number of nitrogens with one attached hydrogen (secondary N) is 2. The molecule has 0 radical (unpaired) electrons. The summed E-state index contributed by atoms with van der Waals surface area (Å²) in [6.45, 7) is 2.06. The number of phenolic OH excluding ortho intramolecular Hbond substituents is 1. The Morgan fingerprint density at radius 3 is 2.52 bits per heavy atom. The van der Waals surface area contributed by atoms with E-state index in [0.717, 1.165) is 18.5 Å². The molecule has 1 heterocycles. The normalized spacial score (nSPS) is 10.4. The van der Waals surface area contributed by atoms with Gasteiger partial charge in [-0.15, -0.1) is 0 Å². The van der Waals surface area contributed by atoms with Gasteiger partial charge in [0, 0.05) is 18.3 Å². The summed E-state index contributed by atoms with van der Waals surface area (Å²) in [5, 5.41) is 15.5. The number of aromatic nitrogens is 1. The molecule has 0 saturated heterocycles. The highest BCUT2D eigenvalue weighted by molar-refractivity contribution is 5.94. The number of amides is 1. The van der Waals surface area contributed by atoms with E-state index in [4.69, 9.17) is 0 Å². The molecule has 138 valence electrons. The SMILES string of the molecule is Cc1ccc(CCCC(=O)Nc2cccnc2Nc2ccc(O)cc2)cc1. The summed E-state index contributed by atoms with van der Waals surface area (Å²) in [5.41, 5.74) is 3.89. The summed E-state index contributed by atoms with van der Waals surface area (Å²) in [5.74, 6) is 0.725. The van der Waals surface area contributed by atoms with E-state index in [1.165, 1.54) is 11.1 Å². The van der Waals surface area contributed by atoms with Crippen LogP contribution in [0.4, 0.5) is 17.2 Å². The number of pyridine rings is 1. The molecule has 0 aliphatic carbocycles.